The Balaban J connectivity index is 1.53. The first-order chi connectivity index (χ1) is 18.5. The Labute approximate surface area is 233 Å². The fourth-order valence-corrected chi connectivity index (χ4v) is 4.64. The summed E-state index contributed by atoms with van der Waals surface area (Å²) in [6, 6.07) is 20.8. The van der Waals surface area contributed by atoms with Crippen molar-refractivity contribution in [2.45, 2.75) is 66.7 Å². The minimum absolute atomic E-state index is 0.0168. The molecule has 208 valence electrons. The van der Waals surface area contributed by atoms with E-state index in [1.54, 1.807) is 0 Å². The standard InChI is InChI=1S/C34H43NO4/c1-23(2)27-12-14-28(15-13-27)32-24(3)20-30(21-25(32)4)39-22-34(5,6)18-16-26-8-10-29(11-9-26)33(37)35-19-17-31(36)38-7/h8-15,20-21,23H,16-19,22H2,1-7H3,(H,35,37). The van der Waals surface area contributed by atoms with E-state index in [-0.39, 0.29) is 30.3 Å². The third-order valence-electron chi connectivity index (χ3n) is 7.15. The van der Waals surface area contributed by atoms with Crippen LogP contribution >= 0.6 is 0 Å². The lowest BCUT2D eigenvalue weighted by Crippen LogP contribution is -2.26. The van der Waals surface area contributed by atoms with Crippen molar-refractivity contribution in [1.82, 2.24) is 5.32 Å². The van der Waals surface area contributed by atoms with Crippen molar-refractivity contribution < 1.29 is 19.1 Å². The summed E-state index contributed by atoms with van der Waals surface area (Å²) in [4.78, 5) is 23.5. The Bertz CT molecular complexity index is 1230. The largest absolute Gasteiger partial charge is 0.493 e. The van der Waals surface area contributed by atoms with E-state index in [9.17, 15) is 9.59 Å². The van der Waals surface area contributed by atoms with Gasteiger partial charge < -0.3 is 14.8 Å². The van der Waals surface area contributed by atoms with Crippen LogP contribution in [-0.2, 0) is 16.0 Å². The van der Waals surface area contributed by atoms with Gasteiger partial charge >= 0.3 is 5.97 Å². The zero-order valence-electron chi connectivity index (χ0n) is 24.5. The molecule has 5 heteroatoms. The third-order valence-corrected chi connectivity index (χ3v) is 7.15. The number of benzene rings is 3. The maximum atomic E-state index is 12.3. The lowest BCUT2D eigenvalue weighted by molar-refractivity contribution is -0.140. The zero-order chi connectivity index (χ0) is 28.6. The smallest absolute Gasteiger partial charge is 0.307 e. The summed E-state index contributed by atoms with van der Waals surface area (Å²) in [5, 5.41) is 2.74. The molecule has 1 amide bonds. The van der Waals surface area contributed by atoms with Gasteiger partial charge in [0.2, 0.25) is 0 Å². The second-order valence-corrected chi connectivity index (χ2v) is 11.4. The van der Waals surface area contributed by atoms with E-state index in [2.05, 4.69) is 88.0 Å². The van der Waals surface area contributed by atoms with Gasteiger partial charge in [0.15, 0.2) is 0 Å². The maximum Gasteiger partial charge on any atom is 0.307 e. The summed E-state index contributed by atoms with van der Waals surface area (Å²) in [6.45, 7) is 14.1. The van der Waals surface area contributed by atoms with Gasteiger partial charge in [-0.3, -0.25) is 9.59 Å². The van der Waals surface area contributed by atoms with Crippen LogP contribution in [0.5, 0.6) is 5.75 Å². The number of carbonyl (C=O) groups excluding carboxylic acids is 2. The molecule has 0 heterocycles. The van der Waals surface area contributed by atoms with Crippen molar-refractivity contribution in [3.05, 3.63) is 88.5 Å². The summed E-state index contributed by atoms with van der Waals surface area (Å²) in [5.41, 5.74) is 8.04. The normalized spacial score (nSPS) is 11.4. The van der Waals surface area contributed by atoms with Crippen LogP contribution in [0.25, 0.3) is 11.1 Å². The first-order valence-electron chi connectivity index (χ1n) is 13.8. The second kappa shape index (κ2) is 13.5. The Hall–Kier alpha value is -3.60. The van der Waals surface area contributed by atoms with Crippen molar-refractivity contribution >= 4 is 11.9 Å². The molecule has 5 nitrogen and oxygen atoms in total. The highest BCUT2D eigenvalue weighted by Gasteiger charge is 2.20. The zero-order valence-corrected chi connectivity index (χ0v) is 24.5. The molecule has 3 aromatic carbocycles. The number of hydrogen-bond donors (Lipinski definition) is 1. The fraction of sp³-hybridized carbons (Fsp3) is 0.412. The first kappa shape index (κ1) is 29.9. The van der Waals surface area contributed by atoms with Gasteiger partial charge in [-0.25, -0.2) is 0 Å². The summed E-state index contributed by atoms with van der Waals surface area (Å²) < 4.78 is 10.9. The number of carbonyl (C=O) groups is 2. The van der Waals surface area contributed by atoms with Gasteiger partial charge in [-0.15, -0.1) is 0 Å². The minimum Gasteiger partial charge on any atom is -0.493 e. The summed E-state index contributed by atoms with van der Waals surface area (Å²) in [6.07, 6.45) is 2.01. The molecule has 0 saturated heterocycles. The van der Waals surface area contributed by atoms with Crippen LogP contribution in [0, 0.1) is 19.3 Å². The molecule has 0 aromatic heterocycles. The molecule has 3 aromatic rings. The lowest BCUT2D eigenvalue weighted by Gasteiger charge is -2.25. The lowest BCUT2D eigenvalue weighted by atomic mass is 9.87. The number of ether oxygens (including phenoxy) is 2. The Kier molecular flexibility index (Phi) is 10.3. The molecule has 3 rings (SSSR count). The molecule has 0 atom stereocenters. The number of amides is 1. The number of aryl methyl sites for hydroxylation is 3. The van der Waals surface area contributed by atoms with Gasteiger partial charge in [-0.2, -0.15) is 0 Å². The van der Waals surface area contributed by atoms with E-state index in [4.69, 9.17) is 4.74 Å². The molecule has 0 unspecified atom stereocenters. The molecule has 0 aliphatic heterocycles. The summed E-state index contributed by atoms with van der Waals surface area (Å²) in [5.74, 6) is 0.898. The van der Waals surface area contributed by atoms with Crippen LogP contribution in [0.3, 0.4) is 0 Å². The van der Waals surface area contributed by atoms with E-state index >= 15 is 0 Å². The van der Waals surface area contributed by atoms with Crippen LogP contribution < -0.4 is 10.1 Å². The molecule has 1 N–H and O–H groups in total. The highest BCUT2D eigenvalue weighted by atomic mass is 16.5. The van der Waals surface area contributed by atoms with Crippen molar-refractivity contribution in [2.75, 3.05) is 20.3 Å². The molecule has 0 aliphatic rings. The minimum atomic E-state index is -0.341. The predicted molar refractivity (Wildman–Crippen MR) is 158 cm³/mol. The van der Waals surface area contributed by atoms with Gasteiger partial charge in [-0.05, 0) is 95.7 Å². The topological polar surface area (TPSA) is 64.6 Å². The van der Waals surface area contributed by atoms with Gasteiger partial charge in [0.1, 0.15) is 5.75 Å². The quantitative estimate of drug-likeness (QED) is 0.248. The average molecular weight is 530 g/mol. The van der Waals surface area contributed by atoms with Gasteiger partial charge in [0.25, 0.3) is 5.91 Å². The second-order valence-electron chi connectivity index (χ2n) is 11.4. The Morgan fingerprint density at radius 1 is 0.923 bits per heavy atom. The number of rotatable bonds is 12. The van der Waals surface area contributed by atoms with Gasteiger partial charge in [0, 0.05) is 12.1 Å². The highest BCUT2D eigenvalue weighted by molar-refractivity contribution is 5.94. The maximum absolute atomic E-state index is 12.3. The Morgan fingerprint density at radius 3 is 2.10 bits per heavy atom. The Morgan fingerprint density at radius 2 is 1.54 bits per heavy atom. The molecule has 0 aliphatic carbocycles. The van der Waals surface area contributed by atoms with Crippen LogP contribution in [0.4, 0.5) is 0 Å². The van der Waals surface area contributed by atoms with E-state index < -0.39 is 0 Å². The monoisotopic (exact) mass is 529 g/mol. The van der Waals surface area contributed by atoms with Crippen molar-refractivity contribution in [2.24, 2.45) is 5.41 Å². The van der Waals surface area contributed by atoms with E-state index in [1.807, 2.05) is 24.3 Å². The summed E-state index contributed by atoms with van der Waals surface area (Å²) >= 11 is 0. The van der Waals surface area contributed by atoms with E-state index in [1.165, 1.54) is 40.5 Å². The molecule has 39 heavy (non-hydrogen) atoms. The van der Waals surface area contributed by atoms with Crippen LogP contribution in [0.2, 0.25) is 0 Å². The van der Waals surface area contributed by atoms with Gasteiger partial charge in [0.05, 0.1) is 20.1 Å². The highest BCUT2D eigenvalue weighted by Crippen LogP contribution is 2.33. The fourth-order valence-electron chi connectivity index (χ4n) is 4.64. The SMILES string of the molecule is COC(=O)CCNC(=O)c1ccc(CCC(C)(C)COc2cc(C)c(-c3ccc(C(C)C)cc3)c(C)c2)cc1. The molecular weight excluding hydrogens is 486 g/mol. The molecule has 0 radical (unpaired) electrons. The van der Waals surface area contributed by atoms with Crippen LogP contribution in [-0.4, -0.2) is 32.1 Å². The van der Waals surface area contributed by atoms with Gasteiger partial charge in [-0.1, -0.05) is 64.1 Å². The van der Waals surface area contributed by atoms with E-state index in [0.29, 0.717) is 18.1 Å². The number of esters is 1. The molecule has 0 fully saturated rings. The van der Waals surface area contributed by atoms with Crippen LogP contribution in [0.1, 0.15) is 79.1 Å². The van der Waals surface area contributed by atoms with Crippen molar-refractivity contribution in [3.63, 3.8) is 0 Å². The third kappa shape index (κ3) is 8.71. The molecule has 0 saturated carbocycles. The van der Waals surface area contributed by atoms with Crippen molar-refractivity contribution in [3.8, 4) is 16.9 Å². The van der Waals surface area contributed by atoms with Crippen LogP contribution in [0.15, 0.2) is 60.7 Å². The molecule has 0 spiro atoms. The average Bonchev–Trinajstić information content (AvgIpc) is 2.91. The summed E-state index contributed by atoms with van der Waals surface area (Å²) in [7, 11) is 1.34. The number of hydrogen-bond acceptors (Lipinski definition) is 4. The van der Waals surface area contributed by atoms with Crippen molar-refractivity contribution in [1.29, 1.82) is 0 Å². The first-order valence-corrected chi connectivity index (χ1v) is 13.8. The number of nitrogens with one attached hydrogen (secondary N) is 1. The molecular formula is C34H43NO4. The number of methoxy groups -OCH3 is 1. The molecule has 0 bridgehead atoms. The van der Waals surface area contributed by atoms with E-state index in [0.717, 1.165) is 18.6 Å². The predicted octanol–water partition coefficient (Wildman–Crippen LogP) is 7.42.